The van der Waals surface area contributed by atoms with Crippen LogP contribution < -0.4 is 10.6 Å². The number of anilines is 1. The molecule has 0 saturated carbocycles. The second kappa shape index (κ2) is 6.78. The largest absolute Gasteiger partial charge is 0.406 e. The molecule has 3 rings (SSSR count). The first-order valence-corrected chi connectivity index (χ1v) is 8.07. The number of benzene rings is 1. The first-order valence-electron chi connectivity index (χ1n) is 8.07. The van der Waals surface area contributed by atoms with Crippen molar-refractivity contribution in [3.8, 4) is 11.8 Å². The molecule has 2 N–H and O–H groups in total. The third-order valence-electron chi connectivity index (χ3n) is 4.24. The summed E-state index contributed by atoms with van der Waals surface area (Å²) in [4.78, 5) is 0. The van der Waals surface area contributed by atoms with E-state index in [0.717, 1.165) is 37.0 Å². The lowest BCUT2D eigenvalue weighted by molar-refractivity contribution is -0.140. The van der Waals surface area contributed by atoms with Gasteiger partial charge in [0.15, 0.2) is 0 Å². The number of rotatable bonds is 3. The van der Waals surface area contributed by atoms with E-state index in [1.54, 1.807) is 25.1 Å². The summed E-state index contributed by atoms with van der Waals surface area (Å²) < 4.78 is 40.1. The first-order chi connectivity index (χ1) is 11.5. The lowest BCUT2D eigenvalue weighted by atomic mass is 10.1. The monoisotopic (exact) mass is 335 g/mol. The Kier molecular flexibility index (Phi) is 4.72. The summed E-state index contributed by atoms with van der Waals surface area (Å²) in [6.07, 6.45) is -2.28. The molecule has 1 aliphatic rings. The summed E-state index contributed by atoms with van der Waals surface area (Å²) >= 11 is 0. The summed E-state index contributed by atoms with van der Waals surface area (Å²) in [6, 6.07) is 7.52. The molecule has 0 radical (unpaired) electrons. The molecule has 24 heavy (non-hydrogen) atoms. The fraction of sp³-hybridized carbons (Fsp3) is 0.444. The van der Waals surface area contributed by atoms with Gasteiger partial charge in [0.05, 0.1) is 11.2 Å². The number of fused-ring (bicyclic) bond motifs is 1. The number of hydrogen-bond acceptors (Lipinski definition) is 2. The van der Waals surface area contributed by atoms with Crippen LogP contribution in [-0.2, 0) is 6.54 Å². The molecule has 0 atom stereocenters. The number of hydrogen-bond donors (Lipinski definition) is 2. The van der Waals surface area contributed by atoms with E-state index >= 15 is 0 Å². The Labute approximate surface area is 139 Å². The Morgan fingerprint density at radius 2 is 2.04 bits per heavy atom. The number of piperidine rings is 1. The van der Waals surface area contributed by atoms with E-state index in [-0.39, 0.29) is 0 Å². The predicted octanol–water partition coefficient (Wildman–Crippen LogP) is 3.74. The van der Waals surface area contributed by atoms with Crippen LogP contribution in [0.2, 0.25) is 0 Å². The lowest BCUT2D eigenvalue weighted by Gasteiger charge is -2.25. The van der Waals surface area contributed by atoms with Gasteiger partial charge >= 0.3 is 6.18 Å². The van der Waals surface area contributed by atoms with E-state index in [2.05, 4.69) is 22.5 Å². The molecule has 0 amide bonds. The molecule has 6 heteroatoms. The van der Waals surface area contributed by atoms with Gasteiger partial charge in [-0.05, 0) is 57.0 Å². The van der Waals surface area contributed by atoms with Crippen LogP contribution >= 0.6 is 0 Å². The van der Waals surface area contributed by atoms with Crippen LogP contribution in [-0.4, -0.2) is 29.9 Å². The molecule has 0 spiro atoms. The second-order valence-electron chi connectivity index (χ2n) is 6.01. The standard InChI is InChI=1S/C18H20F3N3/c1-2-4-14-11-15-16(23-13-7-9-22-10-8-13)5-3-6-17(15)24(14)12-18(19,20)21/h3,5-6,11,13,22-23H,7-10,12H2,1H3. The predicted molar refractivity (Wildman–Crippen MR) is 90.1 cm³/mol. The Bertz CT molecular complexity index is 774. The number of halogens is 3. The van der Waals surface area contributed by atoms with E-state index < -0.39 is 12.7 Å². The summed E-state index contributed by atoms with van der Waals surface area (Å²) in [7, 11) is 0. The molecule has 0 aliphatic carbocycles. The Balaban J connectivity index is 2.02. The zero-order valence-corrected chi connectivity index (χ0v) is 13.5. The third kappa shape index (κ3) is 3.68. The van der Waals surface area contributed by atoms with Gasteiger partial charge in [-0.2, -0.15) is 13.2 Å². The van der Waals surface area contributed by atoms with Crippen molar-refractivity contribution in [2.75, 3.05) is 18.4 Å². The highest BCUT2D eigenvalue weighted by molar-refractivity contribution is 5.94. The van der Waals surface area contributed by atoms with E-state index in [1.165, 1.54) is 4.57 Å². The molecule has 2 heterocycles. The van der Waals surface area contributed by atoms with Gasteiger partial charge in [-0.3, -0.25) is 0 Å². The van der Waals surface area contributed by atoms with Crippen LogP contribution in [0.25, 0.3) is 10.9 Å². The van der Waals surface area contributed by atoms with Crippen LogP contribution in [0.4, 0.5) is 18.9 Å². The number of nitrogens with zero attached hydrogens (tertiary/aromatic N) is 1. The molecule has 2 aromatic rings. The van der Waals surface area contributed by atoms with E-state index in [1.807, 2.05) is 6.07 Å². The molecule has 1 aliphatic heterocycles. The van der Waals surface area contributed by atoms with Crippen molar-refractivity contribution >= 4 is 16.6 Å². The zero-order chi connectivity index (χ0) is 17.2. The number of alkyl halides is 3. The fourth-order valence-corrected chi connectivity index (χ4v) is 3.18. The van der Waals surface area contributed by atoms with Crippen LogP contribution in [0.15, 0.2) is 24.3 Å². The normalized spacial score (nSPS) is 16.0. The van der Waals surface area contributed by atoms with E-state index in [9.17, 15) is 13.2 Å². The van der Waals surface area contributed by atoms with Gasteiger partial charge in [-0.1, -0.05) is 12.0 Å². The molecular weight excluding hydrogens is 315 g/mol. The quantitative estimate of drug-likeness (QED) is 0.837. The average molecular weight is 335 g/mol. The van der Waals surface area contributed by atoms with E-state index in [4.69, 9.17) is 0 Å². The molecule has 3 nitrogen and oxygen atoms in total. The van der Waals surface area contributed by atoms with Crippen LogP contribution in [0, 0.1) is 11.8 Å². The van der Waals surface area contributed by atoms with Gasteiger partial charge < -0.3 is 15.2 Å². The maximum atomic E-state index is 12.9. The molecule has 0 unspecified atom stereocenters. The van der Waals surface area contributed by atoms with Gasteiger partial charge in [0.1, 0.15) is 6.54 Å². The molecule has 128 valence electrons. The highest BCUT2D eigenvalue weighted by Crippen LogP contribution is 2.30. The third-order valence-corrected chi connectivity index (χ3v) is 4.24. The van der Waals surface area contributed by atoms with Gasteiger partial charge in [0.2, 0.25) is 0 Å². The molecule has 0 bridgehead atoms. The van der Waals surface area contributed by atoms with Crippen molar-refractivity contribution in [3.05, 3.63) is 30.0 Å². The van der Waals surface area contributed by atoms with E-state index in [0.29, 0.717) is 17.3 Å². The minimum Gasteiger partial charge on any atom is -0.382 e. The van der Waals surface area contributed by atoms with Crippen molar-refractivity contribution in [3.63, 3.8) is 0 Å². The first kappa shape index (κ1) is 16.7. The number of nitrogens with one attached hydrogen (secondary N) is 2. The van der Waals surface area contributed by atoms with Crippen molar-refractivity contribution in [2.24, 2.45) is 0 Å². The minimum atomic E-state index is -4.28. The van der Waals surface area contributed by atoms with Gasteiger partial charge in [-0.15, -0.1) is 0 Å². The lowest BCUT2D eigenvalue weighted by Crippen LogP contribution is -2.35. The summed E-state index contributed by atoms with van der Waals surface area (Å²) in [5.41, 5.74) is 1.83. The molecular formula is C18H20F3N3. The maximum absolute atomic E-state index is 12.9. The minimum absolute atomic E-state index is 0.337. The number of aromatic nitrogens is 1. The second-order valence-corrected chi connectivity index (χ2v) is 6.01. The smallest absolute Gasteiger partial charge is 0.382 e. The average Bonchev–Trinajstić information content (AvgIpc) is 2.86. The van der Waals surface area contributed by atoms with Crippen LogP contribution in [0.1, 0.15) is 25.5 Å². The van der Waals surface area contributed by atoms with Gasteiger partial charge in [-0.25, -0.2) is 0 Å². The van der Waals surface area contributed by atoms with Crippen LogP contribution in [0.5, 0.6) is 0 Å². The summed E-state index contributed by atoms with van der Waals surface area (Å²) in [5.74, 6) is 5.50. The zero-order valence-electron chi connectivity index (χ0n) is 13.5. The fourth-order valence-electron chi connectivity index (χ4n) is 3.18. The highest BCUT2D eigenvalue weighted by Gasteiger charge is 2.30. The van der Waals surface area contributed by atoms with Gasteiger partial charge in [0, 0.05) is 17.1 Å². The highest BCUT2D eigenvalue weighted by atomic mass is 19.4. The molecule has 1 saturated heterocycles. The van der Waals surface area contributed by atoms with Crippen molar-refractivity contribution < 1.29 is 13.2 Å². The Hall–Kier alpha value is -2.13. The molecule has 1 aromatic carbocycles. The van der Waals surface area contributed by atoms with Crippen LogP contribution in [0.3, 0.4) is 0 Å². The van der Waals surface area contributed by atoms with Crippen molar-refractivity contribution in [2.45, 2.75) is 38.5 Å². The topological polar surface area (TPSA) is 29.0 Å². The van der Waals surface area contributed by atoms with Crippen molar-refractivity contribution in [1.29, 1.82) is 0 Å². The molecule has 1 aromatic heterocycles. The van der Waals surface area contributed by atoms with Crippen molar-refractivity contribution in [1.82, 2.24) is 9.88 Å². The maximum Gasteiger partial charge on any atom is 0.406 e. The van der Waals surface area contributed by atoms with Gasteiger partial charge in [0.25, 0.3) is 0 Å². The Morgan fingerprint density at radius 1 is 1.29 bits per heavy atom. The Morgan fingerprint density at radius 3 is 2.71 bits per heavy atom. The SMILES string of the molecule is CC#Cc1cc2c(NC3CCNCC3)cccc2n1CC(F)(F)F. The molecule has 1 fully saturated rings. The summed E-state index contributed by atoms with van der Waals surface area (Å²) in [5, 5.41) is 7.58. The summed E-state index contributed by atoms with van der Waals surface area (Å²) in [6.45, 7) is 2.51.